The van der Waals surface area contributed by atoms with Gasteiger partial charge in [0.1, 0.15) is 11.2 Å². The number of furan rings is 1. The van der Waals surface area contributed by atoms with Crippen LogP contribution in [0.25, 0.3) is 60.6 Å². The third-order valence-electron chi connectivity index (χ3n) is 10.5. The van der Waals surface area contributed by atoms with Crippen LogP contribution in [-0.4, -0.2) is 12.6 Å². The highest BCUT2D eigenvalue weighted by molar-refractivity contribution is 7.19. The molecule has 2 aromatic heterocycles. The van der Waals surface area contributed by atoms with Crippen molar-refractivity contribution in [2.45, 2.75) is 0 Å². The van der Waals surface area contributed by atoms with Gasteiger partial charge in [0.2, 0.25) is 0 Å². The van der Waals surface area contributed by atoms with E-state index < -0.39 is 8.07 Å². The van der Waals surface area contributed by atoms with Crippen LogP contribution in [0.15, 0.2) is 205 Å². The third kappa shape index (κ3) is 4.49. The van der Waals surface area contributed by atoms with Gasteiger partial charge in [-0.1, -0.05) is 170 Å². The fourth-order valence-electron chi connectivity index (χ4n) is 8.45. The Kier molecular flexibility index (Phi) is 6.86. The first-order chi connectivity index (χ1) is 25.3. The van der Waals surface area contributed by atoms with Gasteiger partial charge in [-0.3, -0.25) is 0 Å². The van der Waals surface area contributed by atoms with Gasteiger partial charge in [0.25, 0.3) is 0 Å². The molecule has 0 saturated heterocycles. The van der Waals surface area contributed by atoms with Gasteiger partial charge in [-0.25, -0.2) is 0 Å². The van der Waals surface area contributed by atoms with Gasteiger partial charge >= 0.3 is 0 Å². The fraction of sp³-hybridized carbons (Fsp3) is 0. The Bertz CT molecular complexity index is 2760. The average Bonchev–Trinajstić information content (AvgIpc) is 3.76. The van der Waals surface area contributed by atoms with Gasteiger partial charge in [-0.15, -0.1) is 0 Å². The quantitative estimate of drug-likeness (QED) is 0.128. The van der Waals surface area contributed by atoms with Crippen LogP contribution < -0.4 is 20.7 Å². The summed E-state index contributed by atoms with van der Waals surface area (Å²) in [6.45, 7) is 0. The first-order valence-electron chi connectivity index (χ1n) is 17.5. The van der Waals surface area contributed by atoms with E-state index in [0.717, 1.165) is 27.6 Å². The summed E-state index contributed by atoms with van der Waals surface area (Å²) in [4.78, 5) is 0. The summed E-state index contributed by atoms with van der Waals surface area (Å²) in [7, 11) is -2.74. The molecule has 8 aromatic carbocycles. The largest absolute Gasteiger partial charge is 0.456 e. The molecule has 0 fully saturated rings. The smallest absolute Gasteiger partial charge is 0.179 e. The van der Waals surface area contributed by atoms with Gasteiger partial charge in [0, 0.05) is 32.8 Å². The van der Waals surface area contributed by atoms with E-state index >= 15 is 0 Å². The highest BCUT2D eigenvalue weighted by atomic mass is 28.3. The molecule has 240 valence electrons. The highest BCUT2D eigenvalue weighted by Gasteiger charge is 2.41. The molecule has 0 aliphatic carbocycles. The molecular weight excluding hydrogens is 635 g/mol. The SMILES string of the molecule is c1ccc([Si](c2ccccc2)(c2ccccc2)c2cccc(-n3c4ccccc4c4cccc(-c5cccc6oc7ccccc7c56)c43)c2)cc1. The molecule has 0 saturated carbocycles. The predicted octanol–water partition coefficient (Wildman–Crippen LogP) is 9.73. The topological polar surface area (TPSA) is 18.1 Å². The molecule has 3 heteroatoms. The number of hydrogen-bond donors (Lipinski definition) is 0. The van der Waals surface area contributed by atoms with Crippen LogP contribution in [0.4, 0.5) is 0 Å². The van der Waals surface area contributed by atoms with Gasteiger partial charge in [-0.05, 0) is 56.6 Å². The molecule has 0 aliphatic heterocycles. The van der Waals surface area contributed by atoms with Crippen molar-refractivity contribution < 1.29 is 4.42 Å². The Balaban J connectivity index is 1.31. The molecule has 2 nitrogen and oxygen atoms in total. The molecule has 0 spiro atoms. The van der Waals surface area contributed by atoms with Crippen LogP contribution in [-0.2, 0) is 0 Å². The summed E-state index contributed by atoms with van der Waals surface area (Å²) < 4.78 is 8.87. The van der Waals surface area contributed by atoms with E-state index in [4.69, 9.17) is 4.42 Å². The molecule has 0 unspecified atom stereocenters. The van der Waals surface area contributed by atoms with Crippen LogP contribution in [0.2, 0.25) is 0 Å². The van der Waals surface area contributed by atoms with Crippen molar-refractivity contribution in [2.75, 3.05) is 0 Å². The second-order valence-corrected chi connectivity index (χ2v) is 17.0. The first-order valence-corrected chi connectivity index (χ1v) is 19.5. The third-order valence-corrected chi connectivity index (χ3v) is 15.3. The van der Waals surface area contributed by atoms with E-state index in [0.29, 0.717) is 0 Å². The van der Waals surface area contributed by atoms with Crippen molar-refractivity contribution >= 4 is 72.6 Å². The van der Waals surface area contributed by atoms with Crippen molar-refractivity contribution in [1.82, 2.24) is 4.57 Å². The van der Waals surface area contributed by atoms with Crippen LogP contribution in [0.3, 0.4) is 0 Å². The number of benzene rings is 8. The average molecular weight is 668 g/mol. The standard InChI is InChI=1S/C48H33NOSi/c1-4-18-35(19-5-1)51(36-20-6-2-7-21-36,37-22-8-3-9-23-37)38-24-14-17-34(33-38)49-44-30-12-10-25-39(44)41-28-15-29-42(48(41)49)40-27-16-32-46-47(40)43-26-11-13-31-45(43)50-46/h1-33H. The number of hydrogen-bond acceptors (Lipinski definition) is 1. The first kappa shape index (κ1) is 29.5. The molecule has 0 atom stereocenters. The molecule has 0 radical (unpaired) electrons. The van der Waals surface area contributed by atoms with Gasteiger partial charge in [0.05, 0.1) is 11.0 Å². The fourth-order valence-corrected chi connectivity index (χ4v) is 13.2. The molecule has 0 bridgehead atoms. The van der Waals surface area contributed by atoms with Crippen molar-refractivity contribution in [3.63, 3.8) is 0 Å². The predicted molar refractivity (Wildman–Crippen MR) is 217 cm³/mol. The van der Waals surface area contributed by atoms with E-state index in [1.807, 2.05) is 6.07 Å². The maximum absolute atomic E-state index is 6.38. The normalized spacial score (nSPS) is 11.9. The molecule has 0 aliphatic rings. The zero-order chi connectivity index (χ0) is 33.8. The van der Waals surface area contributed by atoms with Gasteiger partial charge < -0.3 is 8.98 Å². The second kappa shape index (κ2) is 11.9. The van der Waals surface area contributed by atoms with Gasteiger partial charge in [-0.2, -0.15) is 0 Å². The maximum Gasteiger partial charge on any atom is 0.179 e. The number of nitrogens with zero attached hydrogens (tertiary/aromatic N) is 1. The highest BCUT2D eigenvalue weighted by Crippen LogP contribution is 2.42. The minimum atomic E-state index is -2.74. The zero-order valence-corrected chi connectivity index (χ0v) is 28.9. The molecule has 51 heavy (non-hydrogen) atoms. The van der Waals surface area contributed by atoms with Crippen molar-refractivity contribution in [2.24, 2.45) is 0 Å². The lowest BCUT2D eigenvalue weighted by molar-refractivity contribution is 0.669. The Morgan fingerprint density at radius 1 is 0.373 bits per heavy atom. The lowest BCUT2D eigenvalue weighted by atomic mass is 9.97. The monoisotopic (exact) mass is 667 g/mol. The van der Waals surface area contributed by atoms with Crippen LogP contribution in [0.1, 0.15) is 0 Å². The van der Waals surface area contributed by atoms with E-state index in [2.05, 4.69) is 199 Å². The lowest BCUT2D eigenvalue weighted by Crippen LogP contribution is -2.74. The van der Waals surface area contributed by atoms with E-state index in [-0.39, 0.29) is 0 Å². The molecular formula is C48H33NOSi. The summed E-state index contributed by atoms with van der Waals surface area (Å²) in [5.41, 5.74) is 7.70. The van der Waals surface area contributed by atoms with Crippen molar-refractivity contribution in [1.29, 1.82) is 0 Å². The number of fused-ring (bicyclic) bond motifs is 6. The van der Waals surface area contributed by atoms with E-state index in [1.54, 1.807) is 0 Å². The minimum Gasteiger partial charge on any atom is -0.456 e. The van der Waals surface area contributed by atoms with Crippen LogP contribution in [0.5, 0.6) is 0 Å². The summed E-state index contributed by atoms with van der Waals surface area (Å²) >= 11 is 0. The van der Waals surface area contributed by atoms with Gasteiger partial charge in [0.15, 0.2) is 8.07 Å². The number of aromatic nitrogens is 1. The van der Waals surface area contributed by atoms with Crippen molar-refractivity contribution in [3.8, 4) is 16.8 Å². The molecule has 0 N–H and O–H groups in total. The summed E-state index contributed by atoms with van der Waals surface area (Å²) in [6, 6.07) is 73.2. The second-order valence-electron chi connectivity index (χ2n) is 13.2. The van der Waals surface area contributed by atoms with Crippen LogP contribution in [0, 0.1) is 0 Å². The van der Waals surface area contributed by atoms with Crippen molar-refractivity contribution in [3.05, 3.63) is 200 Å². The Hall–Kier alpha value is -6.42. The summed E-state index contributed by atoms with van der Waals surface area (Å²) in [5, 5.41) is 10.2. The van der Waals surface area contributed by atoms with E-state index in [1.165, 1.54) is 53.7 Å². The lowest BCUT2D eigenvalue weighted by Gasteiger charge is -2.34. The molecule has 0 amide bonds. The molecule has 10 rings (SSSR count). The van der Waals surface area contributed by atoms with E-state index in [9.17, 15) is 0 Å². The maximum atomic E-state index is 6.38. The Morgan fingerprint density at radius 3 is 1.59 bits per heavy atom. The number of para-hydroxylation sites is 3. The van der Waals surface area contributed by atoms with Crippen LogP contribution >= 0.6 is 0 Å². The Morgan fingerprint density at radius 2 is 0.882 bits per heavy atom. The zero-order valence-electron chi connectivity index (χ0n) is 27.9. The summed E-state index contributed by atoms with van der Waals surface area (Å²) in [5.74, 6) is 0. The summed E-state index contributed by atoms with van der Waals surface area (Å²) in [6.07, 6.45) is 0. The number of rotatable bonds is 6. The Labute approximate surface area is 297 Å². The minimum absolute atomic E-state index is 0.903. The molecule has 10 aromatic rings. The molecule has 2 heterocycles.